The molecule has 0 radical (unpaired) electrons. The Kier molecular flexibility index (Phi) is 4.82. The van der Waals surface area contributed by atoms with E-state index >= 15 is 0 Å². The summed E-state index contributed by atoms with van der Waals surface area (Å²) in [6.07, 6.45) is 2.58. The number of hydrogen-bond acceptors (Lipinski definition) is 6. The van der Waals surface area contributed by atoms with Gasteiger partial charge in [0, 0.05) is 30.4 Å². The SMILES string of the molecule is C[C@@H]1CN(c2ccc(C#N)c3ncccc23)C[C@H](C2=Nc3ccccc3CCN2)O1. The van der Waals surface area contributed by atoms with Crippen LogP contribution in [0.4, 0.5) is 11.4 Å². The molecule has 1 saturated heterocycles. The predicted molar refractivity (Wildman–Crippen MR) is 118 cm³/mol. The van der Waals surface area contributed by atoms with Crippen molar-refractivity contribution in [1.82, 2.24) is 10.3 Å². The van der Waals surface area contributed by atoms with Crippen LogP contribution in [0.5, 0.6) is 0 Å². The lowest BCUT2D eigenvalue weighted by molar-refractivity contribution is 0.0190. The van der Waals surface area contributed by atoms with E-state index in [1.165, 1.54) is 5.56 Å². The molecule has 0 saturated carbocycles. The van der Waals surface area contributed by atoms with E-state index in [4.69, 9.17) is 9.73 Å². The molecule has 2 atom stereocenters. The number of benzene rings is 2. The first-order chi connectivity index (χ1) is 14.7. The van der Waals surface area contributed by atoms with Crippen LogP contribution in [0.2, 0.25) is 0 Å². The topological polar surface area (TPSA) is 73.5 Å². The van der Waals surface area contributed by atoms with Gasteiger partial charge in [-0.05, 0) is 49.2 Å². The number of nitriles is 1. The van der Waals surface area contributed by atoms with E-state index in [1.807, 2.05) is 30.3 Å². The normalized spacial score (nSPS) is 21.2. The van der Waals surface area contributed by atoms with E-state index < -0.39 is 0 Å². The maximum absolute atomic E-state index is 9.45. The molecular formula is C24H23N5O. The molecule has 30 heavy (non-hydrogen) atoms. The van der Waals surface area contributed by atoms with Crippen LogP contribution in [-0.4, -0.2) is 42.7 Å². The summed E-state index contributed by atoms with van der Waals surface area (Å²) >= 11 is 0. The lowest BCUT2D eigenvalue weighted by Gasteiger charge is -2.39. The molecular weight excluding hydrogens is 374 g/mol. The third-order valence-electron chi connectivity index (χ3n) is 5.71. The second-order valence-electron chi connectivity index (χ2n) is 7.79. The van der Waals surface area contributed by atoms with Crippen molar-refractivity contribution >= 4 is 28.1 Å². The Bertz CT molecular complexity index is 1170. The fraction of sp³-hybridized carbons (Fsp3) is 0.292. The van der Waals surface area contributed by atoms with Crippen molar-refractivity contribution in [2.45, 2.75) is 25.6 Å². The van der Waals surface area contributed by atoms with Crippen molar-refractivity contribution in [1.29, 1.82) is 5.26 Å². The van der Waals surface area contributed by atoms with Gasteiger partial charge in [-0.3, -0.25) is 4.98 Å². The molecule has 3 heterocycles. The van der Waals surface area contributed by atoms with Crippen LogP contribution in [0.25, 0.3) is 10.9 Å². The van der Waals surface area contributed by atoms with Gasteiger partial charge in [-0.25, -0.2) is 4.99 Å². The van der Waals surface area contributed by atoms with E-state index in [-0.39, 0.29) is 12.2 Å². The van der Waals surface area contributed by atoms with E-state index in [0.29, 0.717) is 12.1 Å². The number of aliphatic imine (C=N–C) groups is 1. The Morgan fingerprint density at radius 2 is 2.03 bits per heavy atom. The van der Waals surface area contributed by atoms with Crippen LogP contribution in [0.3, 0.4) is 0 Å². The molecule has 3 aromatic rings. The molecule has 1 N–H and O–H groups in total. The summed E-state index contributed by atoms with van der Waals surface area (Å²) in [5, 5.41) is 13.9. The molecule has 1 fully saturated rings. The first-order valence-corrected chi connectivity index (χ1v) is 10.3. The largest absolute Gasteiger partial charge is 0.371 e. The van der Waals surface area contributed by atoms with Crippen molar-refractivity contribution < 1.29 is 4.74 Å². The number of ether oxygens (including phenoxy) is 1. The van der Waals surface area contributed by atoms with Gasteiger partial charge in [0.15, 0.2) is 0 Å². The van der Waals surface area contributed by atoms with Gasteiger partial charge in [-0.2, -0.15) is 5.26 Å². The highest BCUT2D eigenvalue weighted by atomic mass is 16.5. The smallest absolute Gasteiger partial charge is 0.133 e. The lowest BCUT2D eigenvalue weighted by Crippen LogP contribution is -2.53. The number of nitrogens with one attached hydrogen (secondary N) is 1. The van der Waals surface area contributed by atoms with Crippen LogP contribution in [-0.2, 0) is 11.2 Å². The Morgan fingerprint density at radius 3 is 2.93 bits per heavy atom. The van der Waals surface area contributed by atoms with Gasteiger partial charge in [0.1, 0.15) is 18.0 Å². The van der Waals surface area contributed by atoms with Crippen LogP contribution in [0, 0.1) is 11.3 Å². The average molecular weight is 397 g/mol. The van der Waals surface area contributed by atoms with Crippen molar-refractivity contribution in [2.75, 3.05) is 24.5 Å². The second kappa shape index (κ2) is 7.77. The summed E-state index contributed by atoms with van der Waals surface area (Å²) < 4.78 is 6.30. The van der Waals surface area contributed by atoms with Crippen molar-refractivity contribution in [3.63, 3.8) is 0 Å². The molecule has 2 aromatic carbocycles. The van der Waals surface area contributed by atoms with E-state index in [1.54, 1.807) is 6.20 Å². The molecule has 6 heteroatoms. The monoisotopic (exact) mass is 397 g/mol. The van der Waals surface area contributed by atoms with E-state index in [0.717, 1.165) is 47.6 Å². The molecule has 0 aliphatic carbocycles. The third-order valence-corrected chi connectivity index (χ3v) is 5.71. The van der Waals surface area contributed by atoms with Crippen LogP contribution in [0.1, 0.15) is 18.1 Å². The number of hydrogen-bond donors (Lipinski definition) is 1. The molecule has 2 aliphatic heterocycles. The number of amidine groups is 1. The number of rotatable bonds is 2. The van der Waals surface area contributed by atoms with Gasteiger partial charge < -0.3 is 15.0 Å². The van der Waals surface area contributed by atoms with Gasteiger partial charge in [-0.1, -0.05) is 18.2 Å². The van der Waals surface area contributed by atoms with Crippen LogP contribution >= 0.6 is 0 Å². The fourth-order valence-electron chi connectivity index (χ4n) is 4.33. The second-order valence-corrected chi connectivity index (χ2v) is 7.79. The van der Waals surface area contributed by atoms with Crippen molar-refractivity contribution in [3.05, 3.63) is 65.9 Å². The lowest BCUT2D eigenvalue weighted by atomic mass is 10.1. The quantitative estimate of drug-likeness (QED) is 0.716. The summed E-state index contributed by atoms with van der Waals surface area (Å²) in [6.45, 7) is 4.40. The van der Waals surface area contributed by atoms with E-state index in [9.17, 15) is 5.26 Å². The molecule has 6 nitrogen and oxygen atoms in total. The molecule has 150 valence electrons. The van der Waals surface area contributed by atoms with Crippen molar-refractivity contribution in [2.24, 2.45) is 4.99 Å². The molecule has 2 aliphatic rings. The Labute approximate surface area is 175 Å². The Morgan fingerprint density at radius 1 is 1.13 bits per heavy atom. The van der Waals surface area contributed by atoms with Gasteiger partial charge >= 0.3 is 0 Å². The minimum absolute atomic E-state index is 0.0501. The molecule has 0 unspecified atom stereocenters. The highest BCUT2D eigenvalue weighted by Crippen LogP contribution is 2.31. The predicted octanol–water partition coefficient (Wildman–Crippen LogP) is 3.58. The zero-order valence-electron chi connectivity index (χ0n) is 16.9. The first-order valence-electron chi connectivity index (χ1n) is 10.3. The number of anilines is 1. The summed E-state index contributed by atoms with van der Waals surface area (Å²) in [7, 11) is 0. The zero-order chi connectivity index (χ0) is 20.5. The summed E-state index contributed by atoms with van der Waals surface area (Å²) in [5.74, 6) is 0.882. The zero-order valence-corrected chi connectivity index (χ0v) is 16.9. The minimum Gasteiger partial charge on any atom is -0.371 e. The standard InChI is InChI=1S/C24H23N5O/c1-16-14-29(21-9-8-18(13-25)23-19(21)6-4-11-26-23)15-22(30-16)24-27-12-10-17-5-2-3-7-20(17)28-24/h2-9,11,16,22H,10,12,14-15H2,1H3,(H,27,28)/t16-,22-/m1/s1. The van der Waals surface area contributed by atoms with Gasteiger partial charge in [0.25, 0.3) is 0 Å². The van der Waals surface area contributed by atoms with Gasteiger partial charge in [-0.15, -0.1) is 0 Å². The van der Waals surface area contributed by atoms with Crippen LogP contribution < -0.4 is 10.2 Å². The highest BCUT2D eigenvalue weighted by Gasteiger charge is 2.31. The van der Waals surface area contributed by atoms with Gasteiger partial charge in [0.05, 0.1) is 29.4 Å². The maximum atomic E-state index is 9.45. The average Bonchev–Trinajstić information content (AvgIpc) is 3.00. The van der Waals surface area contributed by atoms with E-state index in [2.05, 4.69) is 46.4 Å². The summed E-state index contributed by atoms with van der Waals surface area (Å²) in [5.41, 5.74) is 4.68. The molecule has 0 bridgehead atoms. The number of morpholine rings is 1. The third kappa shape index (κ3) is 3.38. The molecule has 0 amide bonds. The number of fused-ring (bicyclic) bond motifs is 2. The number of pyridine rings is 1. The van der Waals surface area contributed by atoms with Crippen molar-refractivity contribution in [3.8, 4) is 6.07 Å². The fourth-order valence-corrected chi connectivity index (χ4v) is 4.33. The number of para-hydroxylation sites is 1. The first kappa shape index (κ1) is 18.6. The number of nitrogens with zero attached hydrogens (tertiary/aromatic N) is 4. The molecule has 5 rings (SSSR count). The van der Waals surface area contributed by atoms with Crippen LogP contribution in [0.15, 0.2) is 59.7 Å². The summed E-state index contributed by atoms with van der Waals surface area (Å²) in [6, 6.07) is 18.4. The minimum atomic E-state index is -0.151. The highest BCUT2D eigenvalue weighted by molar-refractivity contribution is 5.96. The number of aromatic nitrogens is 1. The maximum Gasteiger partial charge on any atom is 0.133 e. The van der Waals surface area contributed by atoms with Gasteiger partial charge in [0.2, 0.25) is 0 Å². The molecule has 0 spiro atoms. The Hall–Kier alpha value is -3.43. The Balaban J connectivity index is 1.50. The molecule has 1 aromatic heterocycles. The summed E-state index contributed by atoms with van der Waals surface area (Å²) in [4.78, 5) is 11.7.